The molecule has 3 rings (SSSR count). The Morgan fingerprint density at radius 2 is 1.93 bits per heavy atom. The quantitative estimate of drug-likeness (QED) is 0.800. The van der Waals surface area contributed by atoms with Crippen molar-refractivity contribution < 1.29 is 14.3 Å². The van der Waals surface area contributed by atoms with Crippen molar-refractivity contribution in [3.05, 3.63) is 29.3 Å². The van der Waals surface area contributed by atoms with E-state index in [0.29, 0.717) is 0 Å². The Labute approximate surface area is 162 Å². The molecule has 0 spiro atoms. The lowest BCUT2D eigenvalue weighted by Gasteiger charge is -2.54. The lowest BCUT2D eigenvalue weighted by atomic mass is 9.49. The van der Waals surface area contributed by atoms with Crippen LogP contribution in [-0.2, 0) is 21.4 Å². The molecule has 0 aromatic heterocycles. The molecule has 0 radical (unpaired) electrons. The fourth-order valence-corrected chi connectivity index (χ4v) is 5.25. The van der Waals surface area contributed by atoms with Crippen LogP contribution >= 0.6 is 0 Å². The van der Waals surface area contributed by atoms with E-state index in [0.717, 1.165) is 37.8 Å². The van der Waals surface area contributed by atoms with Crippen LogP contribution < -0.4 is 11.1 Å². The van der Waals surface area contributed by atoms with Crippen LogP contribution in [0, 0.1) is 11.3 Å². The van der Waals surface area contributed by atoms with Crippen LogP contribution in [0.25, 0.3) is 0 Å². The van der Waals surface area contributed by atoms with E-state index in [2.05, 4.69) is 24.4 Å². The van der Waals surface area contributed by atoms with Crippen molar-refractivity contribution in [1.82, 2.24) is 0 Å². The molecule has 2 aliphatic rings. The molecular formula is C22H32N2O3. The van der Waals surface area contributed by atoms with E-state index in [1.807, 2.05) is 33.8 Å². The Bertz CT molecular complexity index is 767. The number of carbonyl (C=O) groups excluding carboxylic acids is 2. The number of rotatable bonds is 2. The van der Waals surface area contributed by atoms with E-state index in [1.54, 1.807) is 0 Å². The van der Waals surface area contributed by atoms with Gasteiger partial charge in [-0.3, -0.25) is 10.1 Å². The molecule has 1 saturated carbocycles. The fraction of sp³-hybridized carbons (Fsp3) is 0.636. The molecule has 148 valence electrons. The molecule has 2 aliphatic carbocycles. The van der Waals surface area contributed by atoms with Crippen LogP contribution in [0.3, 0.4) is 0 Å². The molecule has 1 fully saturated rings. The van der Waals surface area contributed by atoms with Gasteiger partial charge in [-0.15, -0.1) is 0 Å². The molecular weight excluding hydrogens is 340 g/mol. The zero-order valence-electron chi connectivity index (χ0n) is 17.1. The molecule has 0 aliphatic heterocycles. The lowest BCUT2D eigenvalue weighted by molar-refractivity contribution is -0.135. The van der Waals surface area contributed by atoms with E-state index in [9.17, 15) is 9.59 Å². The Hall–Kier alpha value is -2.04. The van der Waals surface area contributed by atoms with E-state index in [1.165, 1.54) is 11.1 Å². The standard InChI is InChI=1S/C22H32N2O3/c1-20(2,3)27-19(26)24-15-9-7-14-8-10-17-21(4,16(14)13-15)11-6-12-22(17,5)18(23)25/h7,9,13,17H,6,8,10-12H2,1-5H3,(H2,23,25)(H,24,26)/t17?,21-,22+/m1/s1. The third-order valence-corrected chi connectivity index (χ3v) is 6.57. The molecule has 1 unspecified atom stereocenters. The van der Waals surface area contributed by atoms with E-state index >= 15 is 0 Å². The minimum absolute atomic E-state index is 0.110. The van der Waals surface area contributed by atoms with Crippen molar-refractivity contribution in [1.29, 1.82) is 0 Å². The number of fused-ring (bicyclic) bond motifs is 3. The highest BCUT2D eigenvalue weighted by molar-refractivity contribution is 5.85. The minimum Gasteiger partial charge on any atom is -0.444 e. The Balaban J connectivity index is 1.93. The number of hydrogen-bond acceptors (Lipinski definition) is 3. The first kappa shape index (κ1) is 19.7. The molecule has 27 heavy (non-hydrogen) atoms. The molecule has 3 atom stereocenters. The van der Waals surface area contributed by atoms with Crippen LogP contribution in [-0.4, -0.2) is 17.6 Å². The van der Waals surface area contributed by atoms with Gasteiger partial charge in [0.2, 0.25) is 5.91 Å². The van der Waals surface area contributed by atoms with Gasteiger partial charge in [-0.05, 0) is 81.0 Å². The van der Waals surface area contributed by atoms with Gasteiger partial charge < -0.3 is 10.5 Å². The van der Waals surface area contributed by atoms with Gasteiger partial charge in [0.05, 0.1) is 0 Å². The predicted molar refractivity (Wildman–Crippen MR) is 107 cm³/mol. The number of aryl methyl sites for hydroxylation is 1. The van der Waals surface area contributed by atoms with Gasteiger partial charge in [-0.25, -0.2) is 4.79 Å². The fourth-order valence-electron chi connectivity index (χ4n) is 5.25. The minimum atomic E-state index is -0.540. The maximum absolute atomic E-state index is 12.3. The molecule has 0 saturated heterocycles. The summed E-state index contributed by atoms with van der Waals surface area (Å²) in [6.45, 7) is 9.83. The van der Waals surface area contributed by atoms with E-state index < -0.39 is 17.1 Å². The normalized spacial score (nSPS) is 30.0. The Kier molecular flexibility index (Phi) is 4.77. The first-order valence-electron chi connectivity index (χ1n) is 9.89. The number of primary amides is 1. The largest absolute Gasteiger partial charge is 0.444 e. The second kappa shape index (κ2) is 6.54. The molecule has 1 aromatic carbocycles. The molecule has 0 heterocycles. The van der Waals surface area contributed by atoms with Crippen LogP contribution in [0.15, 0.2) is 18.2 Å². The summed E-state index contributed by atoms with van der Waals surface area (Å²) < 4.78 is 5.37. The van der Waals surface area contributed by atoms with Crippen LogP contribution in [0.1, 0.15) is 71.4 Å². The van der Waals surface area contributed by atoms with Crippen molar-refractivity contribution in [2.24, 2.45) is 17.1 Å². The number of benzene rings is 1. The average Bonchev–Trinajstić information content (AvgIpc) is 2.53. The second-order valence-corrected chi connectivity index (χ2v) is 9.64. The highest BCUT2D eigenvalue weighted by Gasteiger charge is 2.54. The van der Waals surface area contributed by atoms with Gasteiger partial charge in [0.1, 0.15) is 5.60 Å². The molecule has 5 heteroatoms. The number of nitrogens with one attached hydrogen (secondary N) is 1. The monoisotopic (exact) mass is 372 g/mol. The molecule has 5 nitrogen and oxygen atoms in total. The third-order valence-electron chi connectivity index (χ3n) is 6.57. The van der Waals surface area contributed by atoms with Crippen molar-refractivity contribution in [3.8, 4) is 0 Å². The lowest BCUT2D eigenvalue weighted by Crippen LogP contribution is -2.54. The third kappa shape index (κ3) is 3.56. The van der Waals surface area contributed by atoms with E-state index in [-0.39, 0.29) is 17.2 Å². The smallest absolute Gasteiger partial charge is 0.412 e. The summed E-state index contributed by atoms with van der Waals surface area (Å²) in [6.07, 6.45) is 4.32. The summed E-state index contributed by atoms with van der Waals surface area (Å²) in [6, 6.07) is 6.10. The zero-order chi connectivity index (χ0) is 20.0. The summed E-state index contributed by atoms with van der Waals surface area (Å²) in [5.74, 6) is 0.0328. The maximum atomic E-state index is 12.3. The highest BCUT2D eigenvalue weighted by atomic mass is 16.6. The van der Waals surface area contributed by atoms with Crippen LogP contribution in [0.5, 0.6) is 0 Å². The van der Waals surface area contributed by atoms with Gasteiger partial charge in [-0.2, -0.15) is 0 Å². The predicted octanol–water partition coefficient (Wildman–Crippen LogP) is 4.53. The first-order valence-corrected chi connectivity index (χ1v) is 9.89. The van der Waals surface area contributed by atoms with Crippen molar-refractivity contribution in [2.45, 2.75) is 77.7 Å². The van der Waals surface area contributed by atoms with Gasteiger partial charge in [-0.1, -0.05) is 26.3 Å². The van der Waals surface area contributed by atoms with Gasteiger partial charge in [0.15, 0.2) is 0 Å². The average molecular weight is 373 g/mol. The maximum Gasteiger partial charge on any atom is 0.412 e. The van der Waals surface area contributed by atoms with Gasteiger partial charge in [0.25, 0.3) is 0 Å². The van der Waals surface area contributed by atoms with Gasteiger partial charge >= 0.3 is 6.09 Å². The first-order chi connectivity index (χ1) is 12.5. The molecule has 3 N–H and O–H groups in total. The van der Waals surface area contributed by atoms with Crippen molar-refractivity contribution >= 4 is 17.7 Å². The second-order valence-electron chi connectivity index (χ2n) is 9.64. The number of nitrogens with two attached hydrogens (primary N) is 1. The summed E-state index contributed by atoms with van der Waals surface area (Å²) in [5, 5.41) is 2.85. The molecule has 0 bridgehead atoms. The van der Waals surface area contributed by atoms with Crippen molar-refractivity contribution in [2.75, 3.05) is 5.32 Å². The van der Waals surface area contributed by atoms with Crippen LogP contribution in [0.4, 0.5) is 10.5 Å². The Morgan fingerprint density at radius 3 is 2.56 bits per heavy atom. The number of amides is 2. The summed E-state index contributed by atoms with van der Waals surface area (Å²) in [4.78, 5) is 24.4. The van der Waals surface area contributed by atoms with Crippen molar-refractivity contribution in [3.63, 3.8) is 0 Å². The molecule has 2 amide bonds. The zero-order valence-corrected chi connectivity index (χ0v) is 17.1. The van der Waals surface area contributed by atoms with Gasteiger partial charge in [0, 0.05) is 11.1 Å². The number of ether oxygens (including phenoxy) is 1. The van der Waals surface area contributed by atoms with E-state index in [4.69, 9.17) is 10.5 Å². The highest BCUT2D eigenvalue weighted by Crippen LogP contribution is 2.57. The Morgan fingerprint density at radius 1 is 1.22 bits per heavy atom. The summed E-state index contributed by atoms with van der Waals surface area (Å²) >= 11 is 0. The molecule has 1 aromatic rings. The summed E-state index contributed by atoms with van der Waals surface area (Å²) in [7, 11) is 0. The SMILES string of the molecule is CC(C)(C)OC(=O)Nc1ccc2c(c1)[C@@]1(C)CCC[C@](C)(C(N)=O)C1CC2. The topological polar surface area (TPSA) is 81.4 Å². The number of anilines is 1. The number of hydrogen-bond donors (Lipinski definition) is 2. The van der Waals surface area contributed by atoms with Crippen LogP contribution in [0.2, 0.25) is 0 Å². The summed E-state index contributed by atoms with van der Waals surface area (Å²) in [5.41, 5.74) is 7.98. The number of carbonyl (C=O) groups is 2.